The first kappa shape index (κ1) is 15.0. The van der Waals surface area contributed by atoms with Crippen LogP contribution >= 0.6 is 23.4 Å². The third kappa shape index (κ3) is 3.19. The lowest BCUT2D eigenvalue weighted by molar-refractivity contribution is -0.141. The number of carboxylic acids is 1. The monoisotopic (exact) mass is 314 g/mol. The molecule has 2 amide bonds. The number of rotatable bonds is 2. The Kier molecular flexibility index (Phi) is 4.77. The van der Waals surface area contributed by atoms with Crippen LogP contribution in [0.15, 0.2) is 18.2 Å². The van der Waals surface area contributed by atoms with Gasteiger partial charge in [-0.3, -0.25) is 0 Å². The molecule has 2 rings (SSSR count). The van der Waals surface area contributed by atoms with E-state index in [4.69, 9.17) is 11.6 Å². The Morgan fingerprint density at radius 1 is 1.50 bits per heavy atom. The molecule has 0 radical (unpaired) electrons. The molecule has 0 aliphatic carbocycles. The average molecular weight is 315 g/mol. The summed E-state index contributed by atoms with van der Waals surface area (Å²) in [6.07, 6.45) is 0. The van der Waals surface area contributed by atoms with Gasteiger partial charge in [-0.2, -0.15) is 11.8 Å². The average Bonchev–Trinajstić information content (AvgIpc) is 2.43. The van der Waals surface area contributed by atoms with Crippen LogP contribution in [0.5, 0.6) is 0 Å². The van der Waals surface area contributed by atoms with Crippen molar-refractivity contribution in [3.63, 3.8) is 0 Å². The van der Waals surface area contributed by atoms with E-state index in [9.17, 15) is 14.7 Å². The maximum atomic E-state index is 12.3. The fraction of sp³-hybridized carbons (Fsp3) is 0.385. The molecule has 0 spiro atoms. The lowest BCUT2D eigenvalue weighted by Crippen LogP contribution is -2.51. The molecule has 0 aromatic heterocycles. The molecule has 1 aromatic rings. The Balaban J connectivity index is 2.16. The highest BCUT2D eigenvalue weighted by Crippen LogP contribution is 2.26. The highest BCUT2D eigenvalue weighted by atomic mass is 35.5. The maximum absolute atomic E-state index is 12.3. The van der Waals surface area contributed by atoms with Crippen LogP contribution in [0.4, 0.5) is 10.5 Å². The Morgan fingerprint density at radius 3 is 2.90 bits per heavy atom. The van der Waals surface area contributed by atoms with Crippen molar-refractivity contribution >= 4 is 41.1 Å². The van der Waals surface area contributed by atoms with Crippen molar-refractivity contribution in [2.45, 2.75) is 13.0 Å². The van der Waals surface area contributed by atoms with E-state index in [1.54, 1.807) is 12.1 Å². The van der Waals surface area contributed by atoms with E-state index in [2.05, 4.69) is 5.32 Å². The van der Waals surface area contributed by atoms with Gasteiger partial charge in [0.15, 0.2) is 0 Å². The van der Waals surface area contributed by atoms with Crippen LogP contribution < -0.4 is 5.32 Å². The first-order valence-electron chi connectivity index (χ1n) is 6.14. The molecule has 1 unspecified atom stereocenters. The summed E-state index contributed by atoms with van der Waals surface area (Å²) in [5.41, 5.74) is 1.37. The van der Waals surface area contributed by atoms with Crippen molar-refractivity contribution in [2.75, 3.05) is 23.4 Å². The van der Waals surface area contributed by atoms with Gasteiger partial charge in [0.1, 0.15) is 6.04 Å². The number of carbonyl (C=O) groups excluding carboxylic acids is 1. The predicted octanol–water partition coefficient (Wildman–Crippen LogP) is 2.68. The molecule has 2 N–H and O–H groups in total. The lowest BCUT2D eigenvalue weighted by atomic mass is 10.2. The van der Waals surface area contributed by atoms with Gasteiger partial charge >= 0.3 is 12.0 Å². The molecule has 108 valence electrons. The summed E-state index contributed by atoms with van der Waals surface area (Å²) in [6, 6.07) is 4.10. The van der Waals surface area contributed by atoms with Gasteiger partial charge in [-0.1, -0.05) is 23.7 Å². The number of para-hydroxylation sites is 1. The van der Waals surface area contributed by atoms with Crippen molar-refractivity contribution in [1.82, 2.24) is 4.90 Å². The van der Waals surface area contributed by atoms with E-state index in [0.29, 0.717) is 23.0 Å². The van der Waals surface area contributed by atoms with Gasteiger partial charge in [-0.05, 0) is 18.6 Å². The van der Waals surface area contributed by atoms with Gasteiger partial charge < -0.3 is 15.3 Å². The Hall–Kier alpha value is -1.40. The summed E-state index contributed by atoms with van der Waals surface area (Å²) in [7, 11) is 0. The molecule has 1 saturated heterocycles. The number of carbonyl (C=O) groups is 2. The second kappa shape index (κ2) is 6.37. The molecule has 0 saturated carbocycles. The van der Waals surface area contributed by atoms with Gasteiger partial charge in [0.25, 0.3) is 0 Å². The smallest absolute Gasteiger partial charge is 0.327 e. The van der Waals surface area contributed by atoms with Crippen molar-refractivity contribution in [2.24, 2.45) is 0 Å². The van der Waals surface area contributed by atoms with Crippen LogP contribution in [0.3, 0.4) is 0 Å². The maximum Gasteiger partial charge on any atom is 0.327 e. The number of thioether (sulfide) groups is 1. The number of benzene rings is 1. The van der Waals surface area contributed by atoms with E-state index >= 15 is 0 Å². The normalized spacial score (nSPS) is 18.7. The molecule has 1 heterocycles. The minimum Gasteiger partial charge on any atom is -0.480 e. The minimum absolute atomic E-state index is 0.407. The number of urea groups is 1. The number of nitrogens with zero attached hydrogens (tertiary/aromatic N) is 1. The fourth-order valence-corrected chi connectivity index (χ4v) is 3.33. The number of aliphatic carboxylic acids is 1. The fourth-order valence-electron chi connectivity index (χ4n) is 2.02. The molecule has 1 aromatic carbocycles. The van der Waals surface area contributed by atoms with Crippen LogP contribution in [-0.4, -0.2) is 46.1 Å². The van der Waals surface area contributed by atoms with E-state index in [0.717, 1.165) is 11.3 Å². The highest BCUT2D eigenvalue weighted by Gasteiger charge is 2.32. The van der Waals surface area contributed by atoms with Gasteiger partial charge in [0, 0.05) is 18.1 Å². The third-order valence-corrected chi connectivity index (χ3v) is 4.47. The van der Waals surface area contributed by atoms with Crippen molar-refractivity contribution in [3.8, 4) is 0 Å². The summed E-state index contributed by atoms with van der Waals surface area (Å²) < 4.78 is 0. The van der Waals surface area contributed by atoms with Crippen molar-refractivity contribution in [3.05, 3.63) is 28.8 Å². The minimum atomic E-state index is -0.983. The number of hydrogen-bond acceptors (Lipinski definition) is 3. The molecule has 1 aliphatic heterocycles. The van der Waals surface area contributed by atoms with Gasteiger partial charge in [-0.25, -0.2) is 9.59 Å². The molecule has 7 heteroatoms. The van der Waals surface area contributed by atoms with Gasteiger partial charge in [0.2, 0.25) is 0 Å². The van der Waals surface area contributed by atoms with E-state index in [-0.39, 0.29) is 0 Å². The molecular formula is C13H15ClN2O3S. The molecule has 1 fully saturated rings. The van der Waals surface area contributed by atoms with Crippen LogP contribution in [0.25, 0.3) is 0 Å². The highest BCUT2D eigenvalue weighted by molar-refractivity contribution is 7.99. The largest absolute Gasteiger partial charge is 0.480 e. The zero-order chi connectivity index (χ0) is 14.7. The van der Waals surface area contributed by atoms with E-state index in [1.165, 1.54) is 16.7 Å². The second-order valence-electron chi connectivity index (χ2n) is 4.48. The number of halogens is 1. The number of carboxylic acid groups (broad SMARTS) is 1. The first-order chi connectivity index (χ1) is 9.50. The summed E-state index contributed by atoms with van der Waals surface area (Å²) in [6.45, 7) is 2.25. The van der Waals surface area contributed by atoms with Gasteiger partial charge in [0.05, 0.1) is 10.7 Å². The van der Waals surface area contributed by atoms with Crippen LogP contribution in [0, 0.1) is 6.92 Å². The lowest BCUT2D eigenvalue weighted by Gasteiger charge is -2.32. The summed E-state index contributed by atoms with van der Waals surface area (Å²) in [5.74, 6) is 0.159. The van der Waals surface area contributed by atoms with Crippen molar-refractivity contribution in [1.29, 1.82) is 0 Å². The Bertz CT molecular complexity index is 518. The number of hydrogen-bond donors (Lipinski definition) is 2. The third-order valence-electron chi connectivity index (χ3n) is 3.13. The number of amides is 2. The SMILES string of the molecule is Cc1cccc(Cl)c1NC(=O)N1CCSCC1C(=O)O. The Morgan fingerprint density at radius 2 is 2.25 bits per heavy atom. The predicted molar refractivity (Wildman–Crippen MR) is 80.7 cm³/mol. The number of aryl methyl sites for hydroxylation is 1. The molecule has 1 atom stereocenters. The van der Waals surface area contributed by atoms with Crippen LogP contribution in [0.1, 0.15) is 5.56 Å². The summed E-state index contributed by atoms with van der Waals surface area (Å²) in [5, 5.41) is 12.3. The topological polar surface area (TPSA) is 69.6 Å². The van der Waals surface area contributed by atoms with Gasteiger partial charge in [-0.15, -0.1) is 0 Å². The first-order valence-corrected chi connectivity index (χ1v) is 7.67. The molecule has 20 heavy (non-hydrogen) atoms. The summed E-state index contributed by atoms with van der Waals surface area (Å²) >= 11 is 7.59. The number of nitrogens with one attached hydrogen (secondary N) is 1. The number of anilines is 1. The molecule has 5 nitrogen and oxygen atoms in total. The zero-order valence-electron chi connectivity index (χ0n) is 10.9. The standard InChI is InChI=1S/C13H15ClN2O3S/c1-8-3-2-4-9(14)11(8)15-13(19)16-5-6-20-7-10(16)12(17)18/h2-4,10H,5-7H2,1H3,(H,15,19)(H,17,18). The van der Waals surface area contributed by atoms with Crippen molar-refractivity contribution < 1.29 is 14.7 Å². The molecule has 1 aliphatic rings. The van der Waals surface area contributed by atoms with Crippen LogP contribution in [0.2, 0.25) is 5.02 Å². The van der Waals surface area contributed by atoms with E-state index < -0.39 is 18.0 Å². The molecule has 0 bridgehead atoms. The second-order valence-corrected chi connectivity index (χ2v) is 6.04. The van der Waals surface area contributed by atoms with E-state index in [1.807, 2.05) is 13.0 Å². The zero-order valence-corrected chi connectivity index (χ0v) is 12.5. The Labute approximate surface area is 126 Å². The molecular weight excluding hydrogens is 300 g/mol. The van der Waals surface area contributed by atoms with Crippen LogP contribution in [-0.2, 0) is 4.79 Å². The quantitative estimate of drug-likeness (QED) is 0.880. The summed E-state index contributed by atoms with van der Waals surface area (Å²) in [4.78, 5) is 24.8.